The summed E-state index contributed by atoms with van der Waals surface area (Å²) in [5.41, 5.74) is 0.844. The van der Waals surface area contributed by atoms with E-state index in [-0.39, 0.29) is 0 Å². The largest absolute Gasteiger partial charge is 0.482 e. The molecule has 4 nitrogen and oxygen atoms in total. The van der Waals surface area contributed by atoms with Crippen molar-refractivity contribution in [2.75, 3.05) is 7.11 Å². The minimum atomic E-state index is 0.751. The molecule has 11 heavy (non-hydrogen) atoms. The van der Waals surface area contributed by atoms with Gasteiger partial charge in [-0.25, -0.2) is 9.97 Å². The van der Waals surface area contributed by atoms with Gasteiger partial charge < -0.3 is 4.74 Å². The molecule has 0 radical (unpaired) electrons. The van der Waals surface area contributed by atoms with Gasteiger partial charge in [-0.1, -0.05) is 0 Å². The van der Waals surface area contributed by atoms with E-state index < -0.39 is 0 Å². The van der Waals surface area contributed by atoms with Gasteiger partial charge in [0.05, 0.1) is 7.11 Å². The molecular formula is C7H7N3O. The normalized spacial score (nSPS) is 10.3. The van der Waals surface area contributed by atoms with E-state index in [1.807, 2.05) is 12.1 Å². The van der Waals surface area contributed by atoms with E-state index in [4.69, 9.17) is 4.74 Å². The second kappa shape index (κ2) is 2.23. The van der Waals surface area contributed by atoms with Crippen LogP contribution >= 0.6 is 0 Å². The maximum atomic E-state index is 5.05. The zero-order valence-electron chi connectivity index (χ0n) is 6.06. The van der Waals surface area contributed by atoms with Crippen LogP contribution in [0.2, 0.25) is 0 Å². The molecule has 0 aliphatic rings. The van der Waals surface area contributed by atoms with Crippen molar-refractivity contribution >= 4 is 5.65 Å². The second-order valence-corrected chi connectivity index (χ2v) is 2.11. The fourth-order valence-corrected chi connectivity index (χ4v) is 0.996. The highest BCUT2D eigenvalue weighted by molar-refractivity contribution is 5.42. The molecule has 0 atom stereocenters. The first-order valence-corrected chi connectivity index (χ1v) is 3.23. The van der Waals surface area contributed by atoms with Crippen LogP contribution in [0.5, 0.6) is 5.88 Å². The lowest BCUT2D eigenvalue weighted by Gasteiger charge is -1.97. The maximum absolute atomic E-state index is 5.05. The molecule has 0 unspecified atom stereocenters. The van der Waals surface area contributed by atoms with Gasteiger partial charge in [-0.3, -0.25) is 4.40 Å². The summed E-state index contributed by atoms with van der Waals surface area (Å²) in [4.78, 5) is 7.89. The van der Waals surface area contributed by atoms with Crippen molar-refractivity contribution in [1.82, 2.24) is 14.4 Å². The molecule has 0 aliphatic carbocycles. The molecule has 0 N–H and O–H groups in total. The third-order valence-electron chi connectivity index (χ3n) is 1.51. The number of aromatic nitrogens is 3. The summed E-state index contributed by atoms with van der Waals surface area (Å²) in [7, 11) is 1.62. The summed E-state index contributed by atoms with van der Waals surface area (Å²) in [5, 5.41) is 0. The van der Waals surface area contributed by atoms with E-state index in [9.17, 15) is 0 Å². The number of fused-ring (bicyclic) bond motifs is 1. The van der Waals surface area contributed by atoms with Gasteiger partial charge in [0.2, 0.25) is 0 Å². The van der Waals surface area contributed by atoms with Gasteiger partial charge in [0.15, 0.2) is 5.88 Å². The van der Waals surface area contributed by atoms with Crippen molar-refractivity contribution in [3.63, 3.8) is 0 Å². The predicted octanol–water partition coefficient (Wildman–Crippen LogP) is 0.738. The number of nitrogens with zero attached hydrogens (tertiary/aromatic N) is 3. The summed E-state index contributed by atoms with van der Waals surface area (Å²) in [6.45, 7) is 0. The van der Waals surface area contributed by atoms with Crippen molar-refractivity contribution in [2.24, 2.45) is 0 Å². The van der Waals surface area contributed by atoms with Gasteiger partial charge in [-0.2, -0.15) is 0 Å². The summed E-state index contributed by atoms with van der Waals surface area (Å²) in [5.74, 6) is 0.751. The standard InChI is InChI=1S/C7H7N3O/c1-11-7-3-2-6-9-4-8-5-10(6)7/h2-5H,1H3. The first-order chi connectivity index (χ1) is 5.42. The smallest absolute Gasteiger partial charge is 0.200 e. The minimum absolute atomic E-state index is 0.751. The molecule has 0 fully saturated rings. The third-order valence-corrected chi connectivity index (χ3v) is 1.51. The van der Waals surface area contributed by atoms with Crippen LogP contribution in [-0.2, 0) is 0 Å². The molecule has 2 rings (SSSR count). The van der Waals surface area contributed by atoms with E-state index in [1.165, 1.54) is 6.33 Å². The van der Waals surface area contributed by atoms with E-state index in [1.54, 1.807) is 17.8 Å². The minimum Gasteiger partial charge on any atom is -0.482 e. The van der Waals surface area contributed by atoms with Crippen molar-refractivity contribution in [3.8, 4) is 5.88 Å². The zero-order valence-corrected chi connectivity index (χ0v) is 6.06. The van der Waals surface area contributed by atoms with E-state index in [0.717, 1.165) is 11.5 Å². The Labute approximate surface area is 63.5 Å². The summed E-state index contributed by atoms with van der Waals surface area (Å²) < 4.78 is 6.83. The lowest BCUT2D eigenvalue weighted by atomic mass is 10.6. The van der Waals surface area contributed by atoms with Crippen LogP contribution < -0.4 is 4.74 Å². The van der Waals surface area contributed by atoms with Crippen LogP contribution in [0.1, 0.15) is 0 Å². The molecule has 0 amide bonds. The molecule has 0 aliphatic heterocycles. The van der Waals surface area contributed by atoms with Crippen LogP contribution in [0.25, 0.3) is 5.65 Å². The van der Waals surface area contributed by atoms with Gasteiger partial charge >= 0.3 is 0 Å². The number of methoxy groups -OCH3 is 1. The predicted molar refractivity (Wildman–Crippen MR) is 39.5 cm³/mol. The quantitative estimate of drug-likeness (QED) is 0.600. The summed E-state index contributed by atoms with van der Waals surface area (Å²) in [6.07, 6.45) is 3.18. The Morgan fingerprint density at radius 2 is 2.36 bits per heavy atom. The molecule has 4 heteroatoms. The van der Waals surface area contributed by atoms with Gasteiger partial charge in [0.1, 0.15) is 18.3 Å². The van der Waals surface area contributed by atoms with E-state index in [0.29, 0.717) is 0 Å². The van der Waals surface area contributed by atoms with Crippen molar-refractivity contribution < 1.29 is 4.74 Å². The Morgan fingerprint density at radius 1 is 1.45 bits per heavy atom. The maximum Gasteiger partial charge on any atom is 0.200 e. The monoisotopic (exact) mass is 149 g/mol. The second-order valence-electron chi connectivity index (χ2n) is 2.11. The molecule has 2 aromatic heterocycles. The lowest BCUT2D eigenvalue weighted by molar-refractivity contribution is 0.393. The fourth-order valence-electron chi connectivity index (χ4n) is 0.996. The zero-order chi connectivity index (χ0) is 7.68. The number of hydrogen-bond donors (Lipinski definition) is 0. The highest BCUT2D eigenvalue weighted by Crippen LogP contribution is 2.12. The van der Waals surface area contributed by atoms with Gasteiger partial charge in [0, 0.05) is 6.07 Å². The first-order valence-electron chi connectivity index (χ1n) is 3.23. The molecule has 0 aromatic carbocycles. The highest BCUT2D eigenvalue weighted by Gasteiger charge is 1.98. The number of ether oxygens (including phenoxy) is 1. The first kappa shape index (κ1) is 6.15. The number of rotatable bonds is 1. The molecular weight excluding hydrogens is 142 g/mol. The average molecular weight is 149 g/mol. The van der Waals surface area contributed by atoms with Gasteiger partial charge in [-0.15, -0.1) is 0 Å². The Balaban J connectivity index is 2.76. The highest BCUT2D eigenvalue weighted by atomic mass is 16.5. The summed E-state index contributed by atoms with van der Waals surface area (Å²) >= 11 is 0. The molecule has 56 valence electrons. The Morgan fingerprint density at radius 3 is 3.18 bits per heavy atom. The van der Waals surface area contributed by atoms with Crippen LogP contribution in [-0.4, -0.2) is 21.5 Å². The SMILES string of the molecule is COc1ccc2ncncn12. The molecule has 0 spiro atoms. The van der Waals surface area contributed by atoms with Gasteiger partial charge in [-0.05, 0) is 6.07 Å². The molecule has 0 saturated heterocycles. The lowest BCUT2D eigenvalue weighted by Crippen LogP contribution is -1.92. The summed E-state index contributed by atoms with van der Waals surface area (Å²) in [6, 6.07) is 3.73. The van der Waals surface area contributed by atoms with E-state index in [2.05, 4.69) is 9.97 Å². The van der Waals surface area contributed by atoms with Crippen LogP contribution in [0, 0.1) is 0 Å². The molecule has 0 saturated carbocycles. The molecule has 2 heterocycles. The Bertz CT molecular complexity index is 368. The van der Waals surface area contributed by atoms with E-state index >= 15 is 0 Å². The van der Waals surface area contributed by atoms with Crippen molar-refractivity contribution in [1.29, 1.82) is 0 Å². The topological polar surface area (TPSA) is 39.4 Å². The Hall–Kier alpha value is -1.58. The molecule has 0 bridgehead atoms. The average Bonchev–Trinajstić information content (AvgIpc) is 2.47. The fraction of sp³-hybridized carbons (Fsp3) is 0.143. The third kappa shape index (κ3) is 0.832. The molecule has 2 aromatic rings. The van der Waals surface area contributed by atoms with Crippen LogP contribution in [0.3, 0.4) is 0 Å². The van der Waals surface area contributed by atoms with Crippen LogP contribution in [0.4, 0.5) is 0 Å². The number of hydrogen-bond acceptors (Lipinski definition) is 3. The van der Waals surface area contributed by atoms with Crippen molar-refractivity contribution in [2.45, 2.75) is 0 Å². The van der Waals surface area contributed by atoms with Gasteiger partial charge in [0.25, 0.3) is 0 Å². The van der Waals surface area contributed by atoms with Crippen LogP contribution in [0.15, 0.2) is 24.8 Å². The van der Waals surface area contributed by atoms with Crippen molar-refractivity contribution in [3.05, 3.63) is 24.8 Å². The Kier molecular flexibility index (Phi) is 1.25.